The molecule has 0 aliphatic heterocycles. The third-order valence-corrected chi connectivity index (χ3v) is 3.38. The van der Waals surface area contributed by atoms with Gasteiger partial charge in [0.2, 0.25) is 0 Å². The maximum atomic E-state index is 11.7. The number of thiazole rings is 1. The van der Waals surface area contributed by atoms with Gasteiger partial charge in [-0.15, -0.1) is 11.3 Å². The van der Waals surface area contributed by atoms with Crippen molar-refractivity contribution in [3.05, 3.63) is 39.9 Å². The number of aromatic carboxylic acids is 1. The second-order valence-electron chi connectivity index (χ2n) is 3.60. The Morgan fingerprint density at radius 2 is 2.21 bits per heavy atom. The molecule has 0 saturated carbocycles. The van der Waals surface area contributed by atoms with Gasteiger partial charge >= 0.3 is 5.97 Å². The molecule has 0 saturated heterocycles. The first-order valence-electron chi connectivity index (χ1n) is 5.31. The molecule has 2 aromatic rings. The van der Waals surface area contributed by atoms with E-state index >= 15 is 0 Å². The predicted molar refractivity (Wildman–Crippen MR) is 67.0 cm³/mol. The fourth-order valence-electron chi connectivity index (χ4n) is 1.39. The maximum Gasteiger partial charge on any atom is 0.347 e. The van der Waals surface area contributed by atoms with E-state index in [9.17, 15) is 9.59 Å². The van der Waals surface area contributed by atoms with E-state index < -0.39 is 5.97 Å². The average molecular weight is 278 g/mol. The van der Waals surface area contributed by atoms with E-state index in [4.69, 9.17) is 5.11 Å². The van der Waals surface area contributed by atoms with Crippen LogP contribution in [0.4, 0.5) is 0 Å². The number of amides is 1. The van der Waals surface area contributed by atoms with Crippen LogP contribution < -0.4 is 5.32 Å². The van der Waals surface area contributed by atoms with E-state index in [1.807, 2.05) is 0 Å². The number of rotatable bonds is 4. The Morgan fingerprint density at radius 3 is 2.79 bits per heavy atom. The van der Waals surface area contributed by atoms with Crippen LogP contribution in [0.15, 0.2) is 18.6 Å². The predicted octanol–water partition coefficient (Wildman–Crippen LogP) is 0.870. The molecule has 2 N–H and O–H groups in total. The Kier molecular flexibility index (Phi) is 3.81. The second-order valence-corrected chi connectivity index (χ2v) is 4.68. The van der Waals surface area contributed by atoms with Crippen molar-refractivity contribution in [2.75, 3.05) is 0 Å². The van der Waals surface area contributed by atoms with Crippen LogP contribution in [0.5, 0.6) is 0 Å². The molecule has 0 unspecified atom stereocenters. The Labute approximate surface area is 112 Å². The summed E-state index contributed by atoms with van der Waals surface area (Å²) in [6, 6.07) is 0. The number of carboxylic acids is 1. The lowest BCUT2D eigenvalue weighted by atomic mass is 10.4. The third-order valence-electron chi connectivity index (χ3n) is 2.23. The minimum atomic E-state index is -1.01. The molecule has 0 spiro atoms. The molecule has 8 heteroatoms. The summed E-state index contributed by atoms with van der Waals surface area (Å²) in [7, 11) is 0. The molecule has 0 aliphatic carbocycles. The molecule has 0 aromatic carbocycles. The minimum Gasteiger partial charge on any atom is -0.477 e. The van der Waals surface area contributed by atoms with E-state index in [-0.39, 0.29) is 23.0 Å². The summed E-state index contributed by atoms with van der Waals surface area (Å²) in [5.74, 6) is -1.39. The van der Waals surface area contributed by atoms with Crippen molar-refractivity contribution in [3.63, 3.8) is 0 Å². The third kappa shape index (κ3) is 3.10. The van der Waals surface area contributed by atoms with Crippen LogP contribution >= 0.6 is 11.3 Å². The topological polar surface area (TPSA) is 105 Å². The first-order valence-corrected chi connectivity index (χ1v) is 6.13. The summed E-state index contributed by atoms with van der Waals surface area (Å²) >= 11 is 1.04. The molecular formula is C11H10N4O3S. The number of aromatic nitrogens is 3. The summed E-state index contributed by atoms with van der Waals surface area (Å²) in [6.07, 6.45) is 4.25. The van der Waals surface area contributed by atoms with Crippen LogP contribution in [-0.4, -0.2) is 31.9 Å². The summed E-state index contributed by atoms with van der Waals surface area (Å²) in [6.45, 7) is 1.78. The second kappa shape index (κ2) is 5.53. The Morgan fingerprint density at radius 1 is 1.42 bits per heavy atom. The van der Waals surface area contributed by atoms with Gasteiger partial charge in [-0.3, -0.25) is 9.78 Å². The van der Waals surface area contributed by atoms with Crippen LogP contribution in [0.25, 0.3) is 0 Å². The van der Waals surface area contributed by atoms with Crippen molar-refractivity contribution in [2.24, 2.45) is 0 Å². The van der Waals surface area contributed by atoms with E-state index in [1.165, 1.54) is 18.6 Å². The fraction of sp³-hybridized carbons (Fsp3) is 0.182. The summed E-state index contributed by atoms with van der Waals surface area (Å²) in [5.41, 5.74) is 0.649. The monoisotopic (exact) mass is 278 g/mol. The smallest absolute Gasteiger partial charge is 0.347 e. The zero-order valence-corrected chi connectivity index (χ0v) is 10.8. The molecule has 19 heavy (non-hydrogen) atoms. The Bertz CT molecular complexity index is 612. The van der Waals surface area contributed by atoms with Gasteiger partial charge in [-0.05, 0) is 6.92 Å². The molecule has 0 aliphatic rings. The van der Waals surface area contributed by atoms with Crippen molar-refractivity contribution in [1.29, 1.82) is 0 Å². The summed E-state index contributed by atoms with van der Waals surface area (Å²) in [5, 5.41) is 12.0. The highest BCUT2D eigenvalue weighted by atomic mass is 32.1. The van der Waals surface area contributed by atoms with Crippen LogP contribution in [0.2, 0.25) is 0 Å². The van der Waals surface area contributed by atoms with Crippen molar-refractivity contribution < 1.29 is 14.7 Å². The number of hydrogen-bond acceptors (Lipinski definition) is 6. The molecular weight excluding hydrogens is 268 g/mol. The molecule has 1 amide bonds. The molecule has 98 valence electrons. The quantitative estimate of drug-likeness (QED) is 0.859. The van der Waals surface area contributed by atoms with Gasteiger partial charge in [-0.25, -0.2) is 14.8 Å². The molecule has 0 atom stereocenters. The van der Waals surface area contributed by atoms with Crippen LogP contribution in [0, 0.1) is 6.92 Å². The van der Waals surface area contributed by atoms with Crippen LogP contribution in [-0.2, 0) is 6.54 Å². The normalized spacial score (nSPS) is 10.2. The molecule has 0 fully saturated rings. The number of aryl methyl sites for hydroxylation is 1. The molecule has 2 heterocycles. The van der Waals surface area contributed by atoms with Gasteiger partial charge in [0.1, 0.15) is 15.6 Å². The van der Waals surface area contributed by atoms with Crippen LogP contribution in [0.3, 0.4) is 0 Å². The van der Waals surface area contributed by atoms with E-state index in [1.54, 1.807) is 6.92 Å². The Hall–Kier alpha value is -2.35. The van der Waals surface area contributed by atoms with Gasteiger partial charge in [0, 0.05) is 12.4 Å². The molecule has 0 bridgehead atoms. The zero-order valence-electron chi connectivity index (χ0n) is 9.95. The maximum absolute atomic E-state index is 11.7. The number of carboxylic acid groups (broad SMARTS) is 1. The number of carbonyl (C=O) groups excluding carboxylic acids is 1. The zero-order chi connectivity index (χ0) is 13.8. The lowest BCUT2D eigenvalue weighted by molar-refractivity contribution is 0.0701. The van der Waals surface area contributed by atoms with Crippen LogP contribution in [0.1, 0.15) is 30.9 Å². The summed E-state index contributed by atoms with van der Waals surface area (Å²) < 4.78 is 0. The minimum absolute atomic E-state index is 0.161. The highest BCUT2D eigenvalue weighted by molar-refractivity contribution is 7.13. The van der Waals surface area contributed by atoms with E-state index in [0.29, 0.717) is 10.7 Å². The number of nitrogens with zero attached hydrogens (tertiary/aromatic N) is 3. The van der Waals surface area contributed by atoms with Gasteiger partial charge in [0.25, 0.3) is 5.91 Å². The number of nitrogens with one attached hydrogen (secondary N) is 1. The van der Waals surface area contributed by atoms with E-state index in [0.717, 1.165) is 11.3 Å². The average Bonchev–Trinajstić information content (AvgIpc) is 2.78. The first-order chi connectivity index (χ1) is 9.08. The molecule has 7 nitrogen and oxygen atoms in total. The van der Waals surface area contributed by atoms with Gasteiger partial charge < -0.3 is 10.4 Å². The first kappa shape index (κ1) is 13.1. The Balaban J connectivity index is 2.01. The van der Waals surface area contributed by atoms with E-state index in [2.05, 4.69) is 20.3 Å². The molecule has 0 radical (unpaired) electrons. The van der Waals surface area contributed by atoms with Crippen molar-refractivity contribution in [3.8, 4) is 0 Å². The number of hydrogen-bond donors (Lipinski definition) is 2. The SMILES string of the molecule is Cc1nc(CNC(=O)c2cnccn2)sc1C(=O)O. The van der Waals surface area contributed by atoms with Crippen molar-refractivity contribution in [2.45, 2.75) is 13.5 Å². The standard InChI is InChI=1S/C11H10N4O3S/c1-6-9(11(17)18)19-8(15-6)5-14-10(16)7-4-12-2-3-13-7/h2-4H,5H2,1H3,(H,14,16)(H,17,18). The number of carbonyl (C=O) groups is 2. The van der Waals surface area contributed by atoms with Gasteiger partial charge in [0.05, 0.1) is 18.4 Å². The van der Waals surface area contributed by atoms with Gasteiger partial charge in [-0.1, -0.05) is 0 Å². The fourth-order valence-corrected chi connectivity index (χ4v) is 2.23. The van der Waals surface area contributed by atoms with Crippen molar-refractivity contribution >= 4 is 23.2 Å². The van der Waals surface area contributed by atoms with Gasteiger partial charge in [-0.2, -0.15) is 0 Å². The summed E-state index contributed by atoms with van der Waals surface area (Å²) in [4.78, 5) is 34.5. The largest absolute Gasteiger partial charge is 0.477 e. The van der Waals surface area contributed by atoms with Gasteiger partial charge in [0.15, 0.2) is 0 Å². The highest BCUT2D eigenvalue weighted by Crippen LogP contribution is 2.17. The molecule has 2 rings (SSSR count). The lowest BCUT2D eigenvalue weighted by Crippen LogP contribution is -2.23. The van der Waals surface area contributed by atoms with Crippen molar-refractivity contribution in [1.82, 2.24) is 20.3 Å². The lowest BCUT2D eigenvalue weighted by Gasteiger charge is -2.00. The highest BCUT2D eigenvalue weighted by Gasteiger charge is 2.14. The molecule has 2 aromatic heterocycles.